The number of amides is 1. The maximum Gasteiger partial charge on any atom is 0.600 e. The Kier molecular flexibility index (Phi) is 12.7. The van der Waals surface area contributed by atoms with E-state index >= 15 is 0 Å². The van der Waals surface area contributed by atoms with Gasteiger partial charge in [-0.25, -0.2) is 23.5 Å². The molecule has 280 valence electrons. The molecule has 2 bridgehead atoms. The van der Waals surface area contributed by atoms with Crippen molar-refractivity contribution in [1.29, 1.82) is 0 Å². The summed E-state index contributed by atoms with van der Waals surface area (Å²) >= 11 is -1.77. The molecule has 1 aromatic heterocycles. The number of piperidine rings is 1. The van der Waals surface area contributed by atoms with Crippen molar-refractivity contribution >= 4 is 23.2 Å². The molecule has 19 heteroatoms. The number of hydrogen-bond donors (Lipinski definition) is 2. The smallest absolute Gasteiger partial charge is 0.462 e. The quantitative estimate of drug-likeness (QED) is 0.103. The topological polar surface area (TPSA) is 203 Å². The van der Waals surface area contributed by atoms with Gasteiger partial charge in [-0.15, -0.1) is 3.07 Å². The van der Waals surface area contributed by atoms with Gasteiger partial charge in [0.25, 0.3) is 5.56 Å². The summed E-state index contributed by atoms with van der Waals surface area (Å²) in [6.45, 7) is 5.61. The fourth-order valence-corrected chi connectivity index (χ4v) is 12.2. The van der Waals surface area contributed by atoms with Crippen LogP contribution in [-0.4, -0.2) is 87.3 Å². The average molecular weight is 850 g/mol. The van der Waals surface area contributed by atoms with E-state index in [-0.39, 0.29) is 24.7 Å². The van der Waals surface area contributed by atoms with Gasteiger partial charge in [0.15, 0.2) is 6.73 Å². The summed E-state index contributed by atoms with van der Waals surface area (Å²) in [4.78, 5) is 65.6. The number of aliphatic hydroxyl groups is 1. The van der Waals surface area contributed by atoms with Gasteiger partial charge < -0.3 is 28.6 Å². The molecule has 51 heavy (non-hydrogen) atoms. The van der Waals surface area contributed by atoms with Gasteiger partial charge in [0.2, 0.25) is 0 Å². The maximum atomic E-state index is 13.9. The molecule has 2 N–H and O–H groups in total. The van der Waals surface area contributed by atoms with Crippen LogP contribution in [0.4, 0.5) is 4.79 Å². The number of nitrogens with zero attached hydrogens (tertiary/aromatic N) is 3. The SMILES string of the molecule is COC(=O)N1C2CCC(C2)C1C(=O)OCn1c(=O)ccn([C@@H]2O[C@H](CO[I+]P(=O)(N[C@@H](C)C(=O)OC(C)C)Oc3ccccc3)[C@@H](O)[C@@H]2C)c1=O. The van der Waals surface area contributed by atoms with Crippen molar-refractivity contribution in [3.8, 4) is 5.75 Å². The first-order valence-corrected chi connectivity index (χ1v) is 21.8. The molecule has 1 aliphatic carbocycles. The molecule has 0 radical (unpaired) electrons. The van der Waals surface area contributed by atoms with Gasteiger partial charge in [-0.05, 0) is 58.1 Å². The van der Waals surface area contributed by atoms with Gasteiger partial charge in [-0.3, -0.25) is 19.1 Å². The predicted octanol–water partition coefficient (Wildman–Crippen LogP) is -0.838. The Morgan fingerprint density at radius 2 is 1.84 bits per heavy atom. The van der Waals surface area contributed by atoms with E-state index in [1.54, 1.807) is 51.1 Å². The monoisotopic (exact) mass is 849 g/mol. The van der Waals surface area contributed by atoms with Crippen LogP contribution in [0.2, 0.25) is 0 Å². The first kappa shape index (κ1) is 38.9. The third-order valence-electron chi connectivity index (χ3n) is 8.99. The van der Waals surface area contributed by atoms with Gasteiger partial charge in [0, 0.05) is 24.2 Å². The Hall–Kier alpha value is -3.29. The molecule has 1 amide bonds. The fourth-order valence-electron chi connectivity index (χ4n) is 6.51. The number of fused-ring (bicyclic) bond motifs is 2. The van der Waals surface area contributed by atoms with Crippen LogP contribution in [0.1, 0.15) is 53.2 Å². The first-order valence-electron chi connectivity index (χ1n) is 16.5. The number of carbonyl (C=O) groups is 3. The minimum absolute atomic E-state index is 0.110. The number of ether oxygens (including phenoxy) is 4. The molecule has 17 nitrogen and oxygen atoms in total. The lowest BCUT2D eigenvalue weighted by atomic mass is 9.99. The van der Waals surface area contributed by atoms with Crippen LogP contribution in [-0.2, 0) is 42.9 Å². The molecule has 2 aromatic rings. The van der Waals surface area contributed by atoms with Crippen molar-refractivity contribution in [3.05, 3.63) is 63.4 Å². The van der Waals surface area contributed by atoms with Crippen LogP contribution >= 0.6 is 5.16 Å². The number of likely N-dealkylation sites (tertiary alicyclic amines) is 1. The number of rotatable bonds is 14. The van der Waals surface area contributed by atoms with Crippen LogP contribution in [0.3, 0.4) is 0 Å². The van der Waals surface area contributed by atoms with Crippen molar-refractivity contribution in [2.75, 3.05) is 13.7 Å². The molecule has 3 fully saturated rings. The lowest BCUT2D eigenvalue weighted by molar-refractivity contribution is -0.795. The number of nitrogens with one attached hydrogen (secondary N) is 1. The molecule has 2 aliphatic heterocycles. The first-order chi connectivity index (χ1) is 24.2. The second-order valence-electron chi connectivity index (χ2n) is 12.9. The maximum absolute atomic E-state index is 13.9. The molecule has 3 aliphatic rings. The van der Waals surface area contributed by atoms with Crippen LogP contribution in [0.25, 0.3) is 0 Å². The number of methoxy groups -OCH3 is 1. The van der Waals surface area contributed by atoms with Crippen molar-refractivity contribution in [2.24, 2.45) is 11.8 Å². The van der Waals surface area contributed by atoms with Crippen LogP contribution in [0.5, 0.6) is 5.75 Å². The minimum atomic E-state index is -3.78. The number of para-hydroxylation sites is 1. The number of esters is 2. The van der Waals surface area contributed by atoms with Crippen molar-refractivity contribution < 1.29 is 71.7 Å². The Bertz CT molecular complexity index is 1740. The zero-order valence-electron chi connectivity index (χ0n) is 28.8. The van der Waals surface area contributed by atoms with Gasteiger partial charge in [0.05, 0.1) is 19.3 Å². The lowest BCUT2D eigenvalue weighted by Gasteiger charge is -2.32. The summed E-state index contributed by atoms with van der Waals surface area (Å²) in [6, 6.07) is 7.49. The van der Waals surface area contributed by atoms with E-state index in [1.165, 1.54) is 25.1 Å². The second kappa shape index (κ2) is 16.6. The summed E-state index contributed by atoms with van der Waals surface area (Å²) in [5.41, 5.74) is -1.58. The van der Waals surface area contributed by atoms with Gasteiger partial charge in [-0.2, -0.15) is 5.09 Å². The average Bonchev–Trinajstić information content (AvgIpc) is 3.78. The minimum Gasteiger partial charge on any atom is -0.462 e. The number of aromatic nitrogens is 2. The normalized spacial score (nSPS) is 27.2. The lowest BCUT2D eigenvalue weighted by Crippen LogP contribution is -3.59. The molecule has 1 aromatic carbocycles. The molecular formula is C32H43IN4O13P+. The van der Waals surface area contributed by atoms with E-state index in [9.17, 15) is 33.6 Å². The van der Waals surface area contributed by atoms with E-state index in [0.717, 1.165) is 28.0 Å². The standard InChI is InChI=1S/C32H43IN4O13P/c1-18(2)48-29(40)20(4)34-51(44,50-23-9-7-6-8-10-23)33-47-16-24-27(39)19(3)28(49-24)35-14-13-25(38)36(31(35)42)17-46-30(41)26-21-11-12-22(15-21)37(26)32(43)45-5/h6-10,13-14,18-22,24,26-28,39H,11-12,15-17H2,1-5H3,(H,34,44)/q+1/t19-,20-,21?,22?,24+,26?,27-,28+,51?/m0/s1. The van der Waals surface area contributed by atoms with Crippen molar-refractivity contribution in [2.45, 2.75) is 96.4 Å². The second-order valence-corrected chi connectivity index (χ2v) is 20.0. The predicted molar refractivity (Wildman–Crippen MR) is 174 cm³/mol. The van der Waals surface area contributed by atoms with E-state index < -0.39 is 98.7 Å². The number of carbonyl (C=O) groups excluding carboxylic acids is 3. The number of halogens is 1. The van der Waals surface area contributed by atoms with Gasteiger partial charge in [0.1, 0.15) is 36.8 Å². The Morgan fingerprint density at radius 1 is 1.12 bits per heavy atom. The number of hydrogen-bond acceptors (Lipinski definition) is 13. The van der Waals surface area contributed by atoms with Crippen LogP contribution in [0.15, 0.2) is 52.2 Å². The summed E-state index contributed by atoms with van der Waals surface area (Å²) in [7, 11) is 1.23. The third kappa shape index (κ3) is 8.85. The molecule has 5 rings (SSSR count). The van der Waals surface area contributed by atoms with Gasteiger partial charge >= 0.3 is 50.0 Å². The summed E-state index contributed by atoms with van der Waals surface area (Å²) < 4.78 is 48.9. The summed E-state index contributed by atoms with van der Waals surface area (Å²) in [5.74, 6) is -1.84. The molecule has 9 atom stereocenters. The number of aliphatic hydroxyl groups excluding tert-OH is 1. The van der Waals surface area contributed by atoms with Crippen molar-refractivity contribution in [1.82, 2.24) is 19.1 Å². The highest BCUT2D eigenvalue weighted by Gasteiger charge is 2.53. The molecule has 2 saturated heterocycles. The fraction of sp³-hybridized carbons (Fsp3) is 0.594. The van der Waals surface area contributed by atoms with Crippen LogP contribution < -0.4 is 41.9 Å². The van der Waals surface area contributed by atoms with E-state index in [2.05, 4.69) is 5.09 Å². The van der Waals surface area contributed by atoms with Crippen LogP contribution in [0, 0.1) is 11.8 Å². The molecule has 1 saturated carbocycles. The van der Waals surface area contributed by atoms with E-state index in [1.807, 2.05) is 0 Å². The molecule has 3 heterocycles. The van der Waals surface area contributed by atoms with Gasteiger partial charge in [-0.1, -0.05) is 25.1 Å². The highest BCUT2D eigenvalue weighted by atomic mass is 127. The summed E-state index contributed by atoms with van der Waals surface area (Å²) in [6.07, 6.45) is -0.813. The molecular weight excluding hydrogens is 806 g/mol. The molecule has 4 unspecified atom stereocenters. The van der Waals surface area contributed by atoms with E-state index in [4.69, 9.17) is 26.5 Å². The Morgan fingerprint density at radius 3 is 2.53 bits per heavy atom. The zero-order valence-corrected chi connectivity index (χ0v) is 31.8. The highest BCUT2D eigenvalue weighted by molar-refractivity contribution is 7.49. The van der Waals surface area contributed by atoms with Crippen molar-refractivity contribution in [3.63, 3.8) is 0 Å². The van der Waals surface area contributed by atoms with E-state index in [0.29, 0.717) is 12.2 Å². The Balaban J connectivity index is 1.24. The number of benzene rings is 1. The zero-order chi connectivity index (χ0) is 37.0. The Labute approximate surface area is 304 Å². The highest BCUT2D eigenvalue weighted by Crippen LogP contribution is 2.43. The molecule has 0 spiro atoms. The largest absolute Gasteiger partial charge is 0.600 e. The third-order valence-corrected chi connectivity index (χ3v) is 14.6. The summed E-state index contributed by atoms with van der Waals surface area (Å²) in [5, 5.41) is 10.0.